The summed E-state index contributed by atoms with van der Waals surface area (Å²) < 4.78 is 2.11. The van der Waals surface area contributed by atoms with Crippen molar-refractivity contribution in [3.8, 4) is 0 Å². The van der Waals surface area contributed by atoms with Crippen LogP contribution in [0.1, 0.15) is 0 Å². The van der Waals surface area contributed by atoms with Crippen LogP contribution in [-0.2, 0) is 0 Å². The van der Waals surface area contributed by atoms with Gasteiger partial charge in [-0.1, -0.05) is 11.9 Å². The highest BCUT2D eigenvalue weighted by atomic mass is 32.2. The fraction of sp³-hybridized carbons (Fsp3) is 1.00. The van der Waals surface area contributed by atoms with Crippen molar-refractivity contribution in [2.75, 3.05) is 13.3 Å². The van der Waals surface area contributed by atoms with E-state index in [0.29, 0.717) is 0 Å². The van der Waals surface area contributed by atoms with E-state index in [-0.39, 0.29) is 0 Å². The average molecular weight is 116 g/mol. The Hall–Kier alpha value is 0.400. The number of nitrogens with zero attached hydrogens (tertiary/aromatic N) is 1. The topological polar surface area (TPSA) is 15.3 Å². The SMILES string of the molecule is BNBN(C)SC. The molecule has 2 nitrogen and oxygen atoms in total. The smallest absolute Gasteiger partial charge is 0.287 e. The first-order valence-corrected chi connectivity index (χ1v) is 3.39. The van der Waals surface area contributed by atoms with Crippen LogP contribution in [0.15, 0.2) is 0 Å². The molecule has 0 spiro atoms. The summed E-state index contributed by atoms with van der Waals surface area (Å²) in [5.74, 6) is 0. The Labute approximate surface area is 50.9 Å². The summed E-state index contributed by atoms with van der Waals surface area (Å²) >= 11 is 1.72. The van der Waals surface area contributed by atoms with Crippen molar-refractivity contribution < 1.29 is 0 Å². The maximum absolute atomic E-state index is 3.02. The molecule has 0 bridgehead atoms. The van der Waals surface area contributed by atoms with Gasteiger partial charge in [-0.25, -0.2) is 0 Å². The molecule has 0 aliphatic carbocycles. The largest absolute Gasteiger partial charge is 0.392 e. The Morgan fingerprint density at radius 1 is 1.86 bits per heavy atom. The first-order chi connectivity index (χ1) is 3.31. The van der Waals surface area contributed by atoms with Crippen molar-refractivity contribution in [1.29, 1.82) is 0 Å². The van der Waals surface area contributed by atoms with Gasteiger partial charge in [-0.05, 0) is 13.3 Å². The Bertz CT molecular complexity index is 44.7. The molecule has 0 heterocycles. The molecular weight excluding hydrogens is 106 g/mol. The monoisotopic (exact) mass is 116 g/mol. The summed E-state index contributed by atoms with van der Waals surface area (Å²) in [5.41, 5.74) is 0. The molecule has 0 atom stereocenters. The van der Waals surface area contributed by atoms with Crippen molar-refractivity contribution in [2.45, 2.75) is 0 Å². The van der Waals surface area contributed by atoms with Crippen molar-refractivity contribution in [2.24, 2.45) is 0 Å². The molecule has 0 fully saturated rings. The second-order valence-corrected chi connectivity index (χ2v) is 2.31. The zero-order chi connectivity index (χ0) is 5.70. The van der Waals surface area contributed by atoms with Crippen molar-refractivity contribution in [3.05, 3.63) is 0 Å². The Kier molecular flexibility index (Phi) is 4.82. The second kappa shape index (κ2) is 4.56. The van der Waals surface area contributed by atoms with Crippen LogP contribution in [0.4, 0.5) is 0 Å². The zero-order valence-corrected chi connectivity index (χ0v) is 5.88. The quantitative estimate of drug-likeness (QED) is 0.360. The van der Waals surface area contributed by atoms with E-state index in [0.717, 1.165) is 7.55 Å². The van der Waals surface area contributed by atoms with Crippen LogP contribution in [0.5, 0.6) is 0 Å². The predicted molar refractivity (Wildman–Crippen MR) is 40.1 cm³/mol. The van der Waals surface area contributed by atoms with Crippen LogP contribution >= 0.6 is 11.9 Å². The third kappa shape index (κ3) is 4.25. The van der Waals surface area contributed by atoms with Gasteiger partial charge in [-0.2, -0.15) is 0 Å². The van der Waals surface area contributed by atoms with E-state index >= 15 is 0 Å². The van der Waals surface area contributed by atoms with Gasteiger partial charge in [0.25, 0.3) is 7.55 Å². The van der Waals surface area contributed by atoms with Gasteiger partial charge in [0.2, 0.25) is 0 Å². The molecule has 0 unspecified atom stereocenters. The Balaban J connectivity index is 2.83. The molecule has 0 aromatic rings. The van der Waals surface area contributed by atoms with Crippen LogP contribution in [0.2, 0.25) is 0 Å². The molecule has 0 aliphatic rings. The van der Waals surface area contributed by atoms with E-state index in [1.54, 1.807) is 11.9 Å². The molecule has 0 saturated heterocycles. The van der Waals surface area contributed by atoms with Crippen molar-refractivity contribution >= 4 is 27.5 Å². The number of hydrogen-bond acceptors (Lipinski definition) is 3. The van der Waals surface area contributed by atoms with E-state index in [4.69, 9.17) is 0 Å². The molecule has 0 amide bonds. The molecule has 7 heavy (non-hydrogen) atoms. The molecule has 0 aromatic heterocycles. The van der Waals surface area contributed by atoms with E-state index in [9.17, 15) is 0 Å². The number of nitrogens with one attached hydrogen (secondary N) is 1. The van der Waals surface area contributed by atoms with Gasteiger partial charge in [0.05, 0.1) is 0 Å². The highest BCUT2D eigenvalue weighted by Gasteiger charge is 1.90. The molecule has 5 heteroatoms. The first kappa shape index (κ1) is 7.40. The molecule has 0 radical (unpaired) electrons. The van der Waals surface area contributed by atoms with Gasteiger partial charge < -0.3 is 5.14 Å². The average Bonchev–Trinajstić information content (AvgIpc) is 1.68. The Morgan fingerprint density at radius 2 is 2.43 bits per heavy atom. The van der Waals surface area contributed by atoms with Crippen LogP contribution in [-0.4, -0.2) is 33.1 Å². The van der Waals surface area contributed by atoms with E-state index < -0.39 is 0 Å². The van der Waals surface area contributed by atoms with E-state index in [1.807, 2.05) is 15.0 Å². The van der Waals surface area contributed by atoms with E-state index in [2.05, 4.69) is 15.6 Å². The number of rotatable bonds is 3. The third-order valence-corrected chi connectivity index (χ3v) is 1.44. The molecule has 0 rings (SSSR count). The first-order valence-electron chi connectivity index (χ1n) is 2.21. The lowest BCUT2D eigenvalue weighted by atomic mass is 10.1. The highest BCUT2D eigenvalue weighted by molar-refractivity contribution is 7.97. The normalized spacial score (nSPS) is 9.57. The number of hydrogen-bond donors (Lipinski definition) is 1. The minimum atomic E-state index is 0.946. The summed E-state index contributed by atoms with van der Waals surface area (Å²) in [6.45, 7) is 0. The lowest BCUT2D eigenvalue weighted by molar-refractivity contribution is 0.888. The lowest BCUT2D eigenvalue weighted by Crippen LogP contribution is -2.28. The maximum atomic E-state index is 3.02. The van der Waals surface area contributed by atoms with Crippen LogP contribution < -0.4 is 5.14 Å². The molecule has 1 N–H and O–H groups in total. The maximum Gasteiger partial charge on any atom is 0.287 e. The van der Waals surface area contributed by atoms with E-state index in [1.165, 1.54) is 0 Å². The third-order valence-electron chi connectivity index (χ3n) is 0.692. The van der Waals surface area contributed by atoms with Gasteiger partial charge in [-0.3, -0.25) is 4.22 Å². The summed E-state index contributed by atoms with van der Waals surface area (Å²) in [6.07, 6.45) is 2.05. The van der Waals surface area contributed by atoms with Crippen LogP contribution in [0.25, 0.3) is 0 Å². The second-order valence-electron chi connectivity index (χ2n) is 1.32. The molecular formula is C2H10B2N2S. The van der Waals surface area contributed by atoms with Crippen molar-refractivity contribution in [1.82, 2.24) is 9.36 Å². The van der Waals surface area contributed by atoms with Gasteiger partial charge in [-0.15, -0.1) is 0 Å². The van der Waals surface area contributed by atoms with Gasteiger partial charge in [0.15, 0.2) is 7.98 Å². The fourth-order valence-corrected chi connectivity index (χ4v) is 0.545. The highest BCUT2D eigenvalue weighted by Crippen LogP contribution is 1.93. The van der Waals surface area contributed by atoms with Crippen LogP contribution in [0, 0.1) is 0 Å². The minimum absolute atomic E-state index is 0.946. The molecule has 0 saturated carbocycles. The summed E-state index contributed by atoms with van der Waals surface area (Å²) in [5, 5.41) is 3.02. The molecule has 0 aliphatic heterocycles. The fourth-order valence-electron chi connectivity index (χ4n) is 0.287. The van der Waals surface area contributed by atoms with Crippen LogP contribution in [0.3, 0.4) is 0 Å². The minimum Gasteiger partial charge on any atom is -0.392 e. The predicted octanol–water partition coefficient (Wildman–Crippen LogP) is -1.40. The summed E-state index contributed by atoms with van der Waals surface area (Å²) in [6, 6.07) is 0. The van der Waals surface area contributed by atoms with Gasteiger partial charge in [0.1, 0.15) is 0 Å². The summed E-state index contributed by atoms with van der Waals surface area (Å²) in [7, 11) is 4.93. The van der Waals surface area contributed by atoms with Gasteiger partial charge in [0, 0.05) is 0 Å². The Morgan fingerprint density at radius 3 is 2.57 bits per heavy atom. The molecule has 40 valence electrons. The summed E-state index contributed by atoms with van der Waals surface area (Å²) in [4.78, 5) is 0. The molecule has 0 aromatic carbocycles. The standard InChI is InChI=1S/C2H10B2N2S/c1-6(7-2)4-5-3/h4-5H,3H2,1-2H3. The van der Waals surface area contributed by atoms with Crippen molar-refractivity contribution in [3.63, 3.8) is 0 Å². The zero-order valence-electron chi connectivity index (χ0n) is 5.06. The lowest BCUT2D eigenvalue weighted by Gasteiger charge is -2.07. The van der Waals surface area contributed by atoms with Gasteiger partial charge >= 0.3 is 0 Å².